The molecule has 9 nitrogen and oxygen atoms in total. The van der Waals surface area contributed by atoms with Crippen LogP contribution >= 0.6 is 0 Å². The summed E-state index contributed by atoms with van der Waals surface area (Å²) in [5.41, 5.74) is 5.87. The van der Waals surface area contributed by atoms with Crippen molar-refractivity contribution in [3.63, 3.8) is 0 Å². The van der Waals surface area contributed by atoms with Crippen molar-refractivity contribution < 1.29 is 23.9 Å². The van der Waals surface area contributed by atoms with Gasteiger partial charge in [0.1, 0.15) is 5.76 Å². The van der Waals surface area contributed by atoms with Gasteiger partial charge in [-0.05, 0) is 23.3 Å². The van der Waals surface area contributed by atoms with E-state index in [9.17, 15) is 14.4 Å². The summed E-state index contributed by atoms with van der Waals surface area (Å²) in [7, 11) is 0. The van der Waals surface area contributed by atoms with Gasteiger partial charge in [-0.3, -0.25) is 19.4 Å². The largest absolute Gasteiger partial charge is 0.471 e. The van der Waals surface area contributed by atoms with Crippen LogP contribution < -0.4 is 0 Å². The maximum absolute atomic E-state index is 14.6. The molecule has 3 aliphatic heterocycles. The molecule has 1 N–H and O–H groups in total. The Bertz CT molecular complexity index is 2590. The summed E-state index contributed by atoms with van der Waals surface area (Å²) in [6, 6.07) is 34.8. The van der Waals surface area contributed by atoms with E-state index in [1.54, 1.807) is 4.90 Å². The monoisotopic (exact) mass is 658 g/mol. The molecule has 5 heterocycles. The van der Waals surface area contributed by atoms with Gasteiger partial charge in [-0.15, -0.1) is 0 Å². The quantitative estimate of drug-likeness (QED) is 0.189. The second-order valence-electron chi connectivity index (χ2n) is 13.2. The molecule has 2 saturated heterocycles. The fraction of sp³-hybridized carbons (Fsp3) is 0.146. The number of carbonyl (C=O) groups excluding carboxylic acids is 3. The summed E-state index contributed by atoms with van der Waals surface area (Å²) in [4.78, 5) is 49.0. The number of rotatable bonds is 5. The minimum absolute atomic E-state index is 0.164. The van der Waals surface area contributed by atoms with Crippen LogP contribution in [0.1, 0.15) is 44.5 Å². The van der Waals surface area contributed by atoms with Gasteiger partial charge in [0.05, 0.1) is 40.3 Å². The third-order valence-electron chi connectivity index (χ3n) is 10.4. The predicted octanol–water partition coefficient (Wildman–Crippen LogP) is 8.05. The van der Waals surface area contributed by atoms with Gasteiger partial charge in [0, 0.05) is 40.0 Å². The summed E-state index contributed by atoms with van der Waals surface area (Å²) in [6.07, 6.45) is -1.20. The third-order valence-corrected chi connectivity index (χ3v) is 10.4. The van der Waals surface area contributed by atoms with E-state index in [0.29, 0.717) is 40.6 Å². The zero-order valence-electron chi connectivity index (χ0n) is 26.8. The van der Waals surface area contributed by atoms with Crippen LogP contribution in [-0.4, -0.2) is 49.4 Å². The first-order chi connectivity index (χ1) is 24.5. The van der Waals surface area contributed by atoms with Crippen LogP contribution in [0.15, 0.2) is 122 Å². The number of fused-ring (bicyclic) bond motifs is 11. The van der Waals surface area contributed by atoms with Crippen LogP contribution in [0.2, 0.25) is 0 Å². The average molecular weight is 659 g/mol. The molecule has 10 rings (SSSR count). The number of ether oxygens (including phenoxy) is 2. The Hall–Kier alpha value is -6.35. The molecule has 50 heavy (non-hydrogen) atoms. The normalized spacial score (nSPS) is 20.3. The number of para-hydroxylation sites is 2. The standard InChI is InChI=1S/C41H30N4O5/c1-23-38-30(43(41(48)50-38)21-24-12-4-2-5-13-24)20-31(49-23)45-29-19-11-9-17-27(29)33-35-34(32-26-16-8-10-18-28(26)42-36(32)37(33)45)39(46)44(40(35)47)22-25-14-6-3-7-15-25/h2-19,30-31,38,42H,1,20-22H2/t30-,31-,38+/m0/s1. The fourth-order valence-corrected chi connectivity index (χ4v) is 8.29. The van der Waals surface area contributed by atoms with Crippen molar-refractivity contribution in [1.29, 1.82) is 0 Å². The number of nitrogens with one attached hydrogen (secondary N) is 1. The Morgan fingerprint density at radius 1 is 0.700 bits per heavy atom. The molecule has 3 atom stereocenters. The van der Waals surface area contributed by atoms with Crippen molar-refractivity contribution in [3.05, 3.63) is 144 Å². The van der Waals surface area contributed by atoms with Gasteiger partial charge in [0.15, 0.2) is 12.3 Å². The number of carbonyl (C=O) groups is 3. The fourth-order valence-electron chi connectivity index (χ4n) is 8.29. The van der Waals surface area contributed by atoms with Gasteiger partial charge < -0.3 is 19.0 Å². The lowest BCUT2D eigenvalue weighted by Gasteiger charge is -2.36. The summed E-state index contributed by atoms with van der Waals surface area (Å²) in [6.45, 7) is 4.78. The van der Waals surface area contributed by atoms with Crippen molar-refractivity contribution in [2.24, 2.45) is 0 Å². The van der Waals surface area contributed by atoms with Crippen molar-refractivity contribution in [2.45, 2.75) is 37.9 Å². The number of aromatic nitrogens is 2. The summed E-state index contributed by atoms with van der Waals surface area (Å²) in [5, 5.41) is 3.09. The molecule has 0 saturated carbocycles. The van der Waals surface area contributed by atoms with E-state index < -0.39 is 18.4 Å². The van der Waals surface area contributed by atoms with Crippen LogP contribution in [0.25, 0.3) is 43.6 Å². The number of hydrogen-bond donors (Lipinski definition) is 1. The zero-order chi connectivity index (χ0) is 33.7. The molecular weight excluding hydrogens is 628 g/mol. The van der Waals surface area contributed by atoms with Crippen LogP contribution in [0.4, 0.5) is 4.79 Å². The molecular formula is C41H30N4O5. The van der Waals surface area contributed by atoms with Crippen LogP contribution in [0.3, 0.4) is 0 Å². The molecule has 5 aromatic carbocycles. The summed E-state index contributed by atoms with van der Waals surface area (Å²) in [5.74, 6) is -0.270. The van der Waals surface area contributed by atoms with E-state index in [-0.39, 0.29) is 24.4 Å². The number of nitrogens with zero attached hydrogens (tertiary/aromatic N) is 3. The Morgan fingerprint density at radius 3 is 2.06 bits per heavy atom. The lowest BCUT2D eigenvalue weighted by Crippen LogP contribution is -2.43. The Labute approximate surface area is 285 Å². The molecule has 0 bridgehead atoms. The topological polar surface area (TPSA) is 96.9 Å². The van der Waals surface area contributed by atoms with E-state index in [4.69, 9.17) is 9.47 Å². The van der Waals surface area contributed by atoms with Gasteiger partial charge in [-0.1, -0.05) is 104 Å². The second kappa shape index (κ2) is 10.6. The second-order valence-corrected chi connectivity index (χ2v) is 13.2. The van der Waals surface area contributed by atoms with Crippen LogP contribution in [-0.2, 0) is 22.6 Å². The maximum atomic E-state index is 14.6. The molecule has 3 aliphatic rings. The molecule has 244 valence electrons. The minimum atomic E-state index is -0.612. The highest BCUT2D eigenvalue weighted by atomic mass is 16.6. The van der Waals surface area contributed by atoms with Crippen molar-refractivity contribution in [2.75, 3.05) is 0 Å². The first-order valence-corrected chi connectivity index (χ1v) is 16.7. The Balaban J connectivity index is 1.21. The highest BCUT2D eigenvalue weighted by Gasteiger charge is 2.50. The number of H-pyrrole nitrogens is 1. The van der Waals surface area contributed by atoms with Gasteiger partial charge in [0.2, 0.25) is 0 Å². The molecule has 3 amide bonds. The minimum Gasteiger partial charge on any atom is -0.471 e. The smallest absolute Gasteiger partial charge is 0.411 e. The van der Waals surface area contributed by atoms with Crippen molar-refractivity contribution in [3.8, 4) is 0 Å². The van der Waals surface area contributed by atoms with Gasteiger partial charge in [-0.2, -0.15) is 0 Å². The van der Waals surface area contributed by atoms with Gasteiger partial charge >= 0.3 is 6.09 Å². The van der Waals surface area contributed by atoms with E-state index >= 15 is 0 Å². The van der Waals surface area contributed by atoms with E-state index in [1.165, 1.54) is 4.90 Å². The third kappa shape index (κ3) is 3.97. The number of hydrogen-bond acceptors (Lipinski definition) is 5. The Morgan fingerprint density at radius 2 is 1.32 bits per heavy atom. The SMILES string of the molecule is C=C1O[C@H](n2c3ccccc3c3c4c(c5c6ccccc6[nH]c5c32)C(=O)N(Cc2ccccc2)C4=O)C[C@H]2[C@@H]1OC(=O)N2Cc1ccccc1. The highest BCUT2D eigenvalue weighted by molar-refractivity contribution is 6.39. The average Bonchev–Trinajstić information content (AvgIpc) is 3.85. The molecule has 2 fully saturated rings. The van der Waals surface area contributed by atoms with Gasteiger partial charge in [-0.25, -0.2) is 4.79 Å². The lowest BCUT2D eigenvalue weighted by atomic mass is 9.96. The number of benzene rings is 5. The molecule has 0 spiro atoms. The van der Waals surface area contributed by atoms with Crippen molar-refractivity contribution in [1.82, 2.24) is 19.4 Å². The zero-order valence-corrected chi connectivity index (χ0v) is 26.8. The Kier molecular flexibility index (Phi) is 6.06. The molecule has 0 radical (unpaired) electrons. The summed E-state index contributed by atoms with van der Waals surface area (Å²) < 4.78 is 14.5. The van der Waals surface area contributed by atoms with Crippen molar-refractivity contribution >= 4 is 61.5 Å². The molecule has 2 aromatic heterocycles. The molecule has 7 aromatic rings. The summed E-state index contributed by atoms with van der Waals surface area (Å²) >= 11 is 0. The number of aromatic amines is 1. The number of imide groups is 1. The molecule has 0 aliphatic carbocycles. The molecule has 9 heteroatoms. The van der Waals surface area contributed by atoms with E-state index in [0.717, 1.165) is 44.0 Å². The number of amides is 3. The predicted molar refractivity (Wildman–Crippen MR) is 189 cm³/mol. The first kappa shape index (κ1) is 28.6. The van der Waals surface area contributed by atoms with Gasteiger partial charge in [0.25, 0.3) is 11.8 Å². The lowest BCUT2D eigenvalue weighted by molar-refractivity contribution is -0.0368. The van der Waals surface area contributed by atoms with E-state index in [2.05, 4.69) is 16.1 Å². The maximum Gasteiger partial charge on any atom is 0.411 e. The van der Waals surface area contributed by atoms with E-state index in [1.807, 2.05) is 109 Å². The molecule has 0 unspecified atom stereocenters. The van der Waals surface area contributed by atoms with Crippen LogP contribution in [0, 0.1) is 0 Å². The first-order valence-electron chi connectivity index (χ1n) is 16.7. The highest BCUT2D eigenvalue weighted by Crippen LogP contribution is 2.48. The van der Waals surface area contributed by atoms with Crippen LogP contribution in [0.5, 0.6) is 0 Å².